The number of nitrogens with one attached hydrogen (secondary N) is 2. The van der Waals surface area contributed by atoms with Crippen molar-refractivity contribution in [3.05, 3.63) is 64.7 Å². The summed E-state index contributed by atoms with van der Waals surface area (Å²) in [5, 5.41) is 2.63. The van der Waals surface area contributed by atoms with Crippen LogP contribution in [-0.4, -0.2) is 22.4 Å². The molecule has 0 bridgehead atoms. The second-order valence-corrected chi connectivity index (χ2v) is 4.49. The number of carbonyl (C=O) groups is 1. The number of hydrogen-bond donors (Lipinski definition) is 2. The molecule has 0 saturated heterocycles. The Morgan fingerprint density at radius 3 is 2.60 bits per heavy atom. The van der Waals surface area contributed by atoms with Gasteiger partial charge in [0.15, 0.2) is 0 Å². The minimum atomic E-state index is -0.418. The molecule has 0 spiro atoms. The average Bonchev–Trinajstić information content (AvgIpc) is 2.45. The first-order chi connectivity index (χ1) is 9.58. The van der Waals surface area contributed by atoms with Gasteiger partial charge in [0, 0.05) is 30.2 Å². The Kier molecular flexibility index (Phi) is 4.10. The van der Waals surface area contributed by atoms with Gasteiger partial charge in [0.1, 0.15) is 5.56 Å². The van der Waals surface area contributed by atoms with Crippen LogP contribution in [-0.2, 0) is 0 Å². The van der Waals surface area contributed by atoms with Crippen molar-refractivity contribution in [1.82, 2.24) is 15.3 Å². The summed E-state index contributed by atoms with van der Waals surface area (Å²) >= 11 is 0. The zero-order chi connectivity index (χ0) is 14.5. The molecule has 0 aromatic carbocycles. The molecule has 0 unspecified atom stereocenters. The van der Waals surface area contributed by atoms with Crippen LogP contribution in [0.2, 0.25) is 0 Å². The second kappa shape index (κ2) is 5.97. The van der Waals surface area contributed by atoms with Crippen molar-refractivity contribution in [1.29, 1.82) is 0 Å². The van der Waals surface area contributed by atoms with Crippen molar-refractivity contribution < 1.29 is 4.79 Å². The van der Waals surface area contributed by atoms with Gasteiger partial charge in [0.2, 0.25) is 0 Å². The van der Waals surface area contributed by atoms with Gasteiger partial charge in [-0.15, -0.1) is 0 Å². The molecule has 0 aliphatic heterocycles. The molecule has 0 fully saturated rings. The molecule has 5 heteroatoms. The van der Waals surface area contributed by atoms with Gasteiger partial charge in [-0.05, 0) is 31.2 Å². The molecule has 102 valence electrons. The van der Waals surface area contributed by atoms with Crippen LogP contribution in [0.1, 0.15) is 17.3 Å². The quantitative estimate of drug-likeness (QED) is 0.830. The minimum Gasteiger partial charge on any atom is -0.348 e. The number of pyridine rings is 2. The van der Waals surface area contributed by atoms with Gasteiger partial charge in [-0.2, -0.15) is 0 Å². The maximum atomic E-state index is 11.9. The van der Waals surface area contributed by atoms with Crippen molar-refractivity contribution in [2.45, 2.75) is 6.92 Å². The van der Waals surface area contributed by atoms with Crippen molar-refractivity contribution in [2.24, 2.45) is 0 Å². The topological polar surface area (TPSA) is 74.8 Å². The van der Waals surface area contributed by atoms with Gasteiger partial charge in [-0.25, -0.2) is 0 Å². The Morgan fingerprint density at radius 1 is 1.30 bits per heavy atom. The first kappa shape index (κ1) is 13.7. The molecule has 2 rings (SSSR count). The Balaban J connectivity index is 2.25. The highest BCUT2D eigenvalue weighted by molar-refractivity contribution is 5.94. The molecular formula is C15H15N3O2. The molecule has 0 atom stereocenters. The van der Waals surface area contributed by atoms with Crippen LogP contribution in [0.4, 0.5) is 0 Å². The summed E-state index contributed by atoms with van der Waals surface area (Å²) in [5.74, 6) is -0.407. The van der Waals surface area contributed by atoms with Crippen LogP contribution in [0.15, 0.2) is 53.6 Å². The molecule has 0 saturated carbocycles. The number of aromatic amines is 1. The minimum absolute atomic E-state index is 0.0871. The molecule has 2 N–H and O–H groups in total. The summed E-state index contributed by atoms with van der Waals surface area (Å²) < 4.78 is 0. The molecule has 5 nitrogen and oxygen atoms in total. The lowest BCUT2D eigenvalue weighted by atomic mass is 10.1. The zero-order valence-corrected chi connectivity index (χ0v) is 11.1. The van der Waals surface area contributed by atoms with E-state index in [1.165, 1.54) is 6.07 Å². The van der Waals surface area contributed by atoms with E-state index in [9.17, 15) is 9.59 Å². The molecule has 20 heavy (non-hydrogen) atoms. The maximum Gasteiger partial charge on any atom is 0.261 e. The van der Waals surface area contributed by atoms with Crippen LogP contribution >= 0.6 is 0 Å². The molecule has 0 radical (unpaired) electrons. The fraction of sp³-hybridized carbons (Fsp3) is 0.133. The first-order valence-electron chi connectivity index (χ1n) is 6.14. The van der Waals surface area contributed by atoms with E-state index < -0.39 is 11.5 Å². The van der Waals surface area contributed by atoms with Crippen LogP contribution in [0.3, 0.4) is 0 Å². The lowest BCUT2D eigenvalue weighted by Crippen LogP contribution is -2.30. The number of rotatable bonds is 4. The number of aromatic nitrogens is 2. The van der Waals surface area contributed by atoms with Gasteiger partial charge in [-0.1, -0.05) is 12.2 Å². The fourth-order valence-corrected chi connectivity index (χ4v) is 1.68. The third-order valence-electron chi connectivity index (χ3n) is 2.70. The van der Waals surface area contributed by atoms with Crippen LogP contribution in [0, 0.1) is 0 Å². The van der Waals surface area contributed by atoms with Crippen molar-refractivity contribution in [3.63, 3.8) is 0 Å². The van der Waals surface area contributed by atoms with E-state index in [1.807, 2.05) is 0 Å². The molecule has 2 aromatic rings. The lowest BCUT2D eigenvalue weighted by Gasteiger charge is -2.05. The number of carbonyl (C=O) groups excluding carboxylic acids is 1. The molecule has 0 aliphatic rings. The van der Waals surface area contributed by atoms with E-state index in [1.54, 1.807) is 37.5 Å². The van der Waals surface area contributed by atoms with Crippen LogP contribution < -0.4 is 10.9 Å². The Hall–Kier alpha value is -2.69. The summed E-state index contributed by atoms with van der Waals surface area (Å²) in [6.45, 7) is 5.84. The van der Waals surface area contributed by atoms with Crippen molar-refractivity contribution in [2.75, 3.05) is 6.54 Å². The van der Waals surface area contributed by atoms with Crippen LogP contribution in [0.25, 0.3) is 11.3 Å². The van der Waals surface area contributed by atoms with Crippen molar-refractivity contribution in [3.8, 4) is 11.3 Å². The third-order valence-corrected chi connectivity index (χ3v) is 2.70. The van der Waals surface area contributed by atoms with Gasteiger partial charge in [0.25, 0.3) is 11.5 Å². The van der Waals surface area contributed by atoms with E-state index in [2.05, 4.69) is 21.9 Å². The smallest absolute Gasteiger partial charge is 0.261 e. The van der Waals surface area contributed by atoms with Crippen LogP contribution in [0.5, 0.6) is 0 Å². The lowest BCUT2D eigenvalue weighted by molar-refractivity contribution is 0.0955. The Morgan fingerprint density at radius 2 is 2.00 bits per heavy atom. The maximum absolute atomic E-state index is 11.9. The predicted octanol–water partition coefficient (Wildman–Crippen LogP) is 1.74. The summed E-state index contributed by atoms with van der Waals surface area (Å²) in [5.41, 5.74) is 1.98. The average molecular weight is 269 g/mol. The second-order valence-electron chi connectivity index (χ2n) is 4.49. The summed E-state index contributed by atoms with van der Waals surface area (Å²) in [6, 6.07) is 6.78. The number of nitrogens with zero attached hydrogens (tertiary/aromatic N) is 1. The van der Waals surface area contributed by atoms with E-state index in [0.29, 0.717) is 12.2 Å². The molecule has 1 amide bonds. The van der Waals surface area contributed by atoms with Gasteiger partial charge < -0.3 is 10.3 Å². The first-order valence-corrected chi connectivity index (χ1v) is 6.14. The Labute approximate surface area is 116 Å². The molecule has 2 heterocycles. The third kappa shape index (κ3) is 3.20. The largest absolute Gasteiger partial charge is 0.348 e. The van der Waals surface area contributed by atoms with Crippen molar-refractivity contribution >= 4 is 5.91 Å². The van der Waals surface area contributed by atoms with E-state index in [4.69, 9.17) is 0 Å². The highest BCUT2D eigenvalue weighted by atomic mass is 16.2. The highest BCUT2D eigenvalue weighted by Crippen LogP contribution is 2.13. The normalized spacial score (nSPS) is 10.1. The number of hydrogen-bond acceptors (Lipinski definition) is 3. The van der Waals surface area contributed by atoms with E-state index in [0.717, 1.165) is 11.1 Å². The van der Waals surface area contributed by atoms with E-state index in [-0.39, 0.29) is 5.56 Å². The number of amides is 1. The van der Waals surface area contributed by atoms with Gasteiger partial charge >= 0.3 is 0 Å². The number of H-pyrrole nitrogens is 1. The summed E-state index contributed by atoms with van der Waals surface area (Å²) in [4.78, 5) is 30.4. The monoisotopic (exact) mass is 269 g/mol. The predicted molar refractivity (Wildman–Crippen MR) is 77.4 cm³/mol. The zero-order valence-electron chi connectivity index (χ0n) is 11.1. The fourth-order valence-electron chi connectivity index (χ4n) is 1.68. The molecule has 0 aliphatic carbocycles. The highest BCUT2D eigenvalue weighted by Gasteiger charge is 2.10. The summed E-state index contributed by atoms with van der Waals surface area (Å²) in [6.07, 6.45) is 3.28. The van der Waals surface area contributed by atoms with Gasteiger partial charge in [0.05, 0.1) is 0 Å². The Bertz CT molecular complexity index is 690. The van der Waals surface area contributed by atoms with Gasteiger partial charge in [-0.3, -0.25) is 14.6 Å². The summed E-state index contributed by atoms with van der Waals surface area (Å²) in [7, 11) is 0. The standard InChI is InChI=1S/C15H15N3O2/c1-10(2)9-17-14(19)12-3-4-13(18-15(12)20)11-5-7-16-8-6-11/h3-8H,1,9H2,2H3,(H,17,19)(H,18,20). The SMILES string of the molecule is C=C(C)CNC(=O)c1ccc(-c2ccncc2)[nH]c1=O. The molecular weight excluding hydrogens is 254 g/mol. The molecule has 2 aromatic heterocycles. The van der Waals surface area contributed by atoms with E-state index >= 15 is 0 Å².